The molecule has 0 aromatic heterocycles. The molecule has 0 heterocycles. The first-order valence-corrected chi connectivity index (χ1v) is 7.25. The first-order valence-electron chi connectivity index (χ1n) is 7.25. The number of guanidine groups is 1. The van der Waals surface area contributed by atoms with Gasteiger partial charge in [-0.3, -0.25) is 4.99 Å². The largest absolute Gasteiger partial charge is 0.379 e. The van der Waals surface area contributed by atoms with Crippen LogP contribution in [0, 0.1) is 13.8 Å². The maximum absolute atomic E-state index is 5.86. The van der Waals surface area contributed by atoms with E-state index in [1.807, 2.05) is 19.9 Å². The molecule has 112 valence electrons. The van der Waals surface area contributed by atoms with E-state index in [0.717, 1.165) is 31.7 Å². The number of aryl methyl sites for hydroxylation is 2. The Bertz CT molecular complexity index is 441. The summed E-state index contributed by atoms with van der Waals surface area (Å²) < 4.78 is 5.47. The number of unbranched alkanes of at least 4 members (excludes halogenated alkanes) is 1. The molecule has 0 aliphatic heterocycles. The van der Waals surface area contributed by atoms with Crippen molar-refractivity contribution < 1.29 is 4.74 Å². The summed E-state index contributed by atoms with van der Waals surface area (Å²) in [7, 11) is 0. The van der Waals surface area contributed by atoms with Crippen LogP contribution in [0.2, 0.25) is 0 Å². The van der Waals surface area contributed by atoms with Gasteiger partial charge in [-0.15, -0.1) is 0 Å². The van der Waals surface area contributed by atoms with E-state index in [9.17, 15) is 0 Å². The van der Waals surface area contributed by atoms with Gasteiger partial charge < -0.3 is 15.8 Å². The molecule has 0 saturated heterocycles. The fraction of sp³-hybridized carbons (Fsp3) is 0.562. The zero-order valence-corrected chi connectivity index (χ0v) is 13.1. The number of nitrogens with one attached hydrogen (secondary N) is 1. The third kappa shape index (κ3) is 6.57. The average Bonchev–Trinajstić information content (AvgIpc) is 2.38. The number of aliphatic imine (C=N–C) groups is 1. The van der Waals surface area contributed by atoms with E-state index in [1.54, 1.807) is 0 Å². The number of hydrogen-bond acceptors (Lipinski definition) is 2. The van der Waals surface area contributed by atoms with E-state index in [0.29, 0.717) is 12.1 Å². The Labute approximate surface area is 122 Å². The van der Waals surface area contributed by atoms with Crippen molar-refractivity contribution in [2.24, 2.45) is 10.7 Å². The van der Waals surface area contributed by atoms with Crippen LogP contribution in [-0.4, -0.2) is 25.2 Å². The second kappa shape index (κ2) is 8.59. The van der Waals surface area contributed by atoms with Crippen molar-refractivity contribution in [1.29, 1.82) is 0 Å². The molecule has 0 saturated carbocycles. The van der Waals surface area contributed by atoms with E-state index >= 15 is 0 Å². The van der Waals surface area contributed by atoms with Crippen molar-refractivity contribution in [1.82, 2.24) is 0 Å². The van der Waals surface area contributed by atoms with Crippen LogP contribution in [0.1, 0.15) is 37.8 Å². The van der Waals surface area contributed by atoms with E-state index in [-0.39, 0.29) is 0 Å². The number of ether oxygens (including phenoxy) is 1. The van der Waals surface area contributed by atoms with Crippen LogP contribution >= 0.6 is 0 Å². The molecule has 1 aromatic carbocycles. The summed E-state index contributed by atoms with van der Waals surface area (Å²) in [6, 6.07) is 6.17. The number of benzene rings is 1. The van der Waals surface area contributed by atoms with Gasteiger partial charge in [0.25, 0.3) is 0 Å². The molecule has 0 bridgehead atoms. The van der Waals surface area contributed by atoms with Crippen LogP contribution < -0.4 is 11.1 Å². The van der Waals surface area contributed by atoms with Gasteiger partial charge in [0.1, 0.15) is 0 Å². The summed E-state index contributed by atoms with van der Waals surface area (Å²) in [6.45, 7) is 9.79. The fourth-order valence-electron chi connectivity index (χ4n) is 1.74. The molecule has 1 aromatic rings. The Balaban J connectivity index is 2.29. The lowest BCUT2D eigenvalue weighted by atomic mass is 10.1. The minimum absolute atomic E-state index is 0.301. The van der Waals surface area contributed by atoms with Crippen LogP contribution in [0.3, 0.4) is 0 Å². The molecule has 4 nitrogen and oxygen atoms in total. The van der Waals surface area contributed by atoms with Crippen molar-refractivity contribution >= 4 is 11.6 Å². The van der Waals surface area contributed by atoms with Gasteiger partial charge in [0, 0.05) is 18.8 Å². The second-order valence-electron chi connectivity index (χ2n) is 5.32. The Morgan fingerprint density at radius 1 is 1.25 bits per heavy atom. The predicted octanol–water partition coefficient (Wildman–Crippen LogP) is 3.24. The van der Waals surface area contributed by atoms with Crippen molar-refractivity contribution in [3.8, 4) is 0 Å². The topological polar surface area (TPSA) is 59.6 Å². The van der Waals surface area contributed by atoms with Crippen molar-refractivity contribution in [3.63, 3.8) is 0 Å². The van der Waals surface area contributed by atoms with Gasteiger partial charge in [-0.25, -0.2) is 0 Å². The lowest BCUT2D eigenvalue weighted by Crippen LogP contribution is -2.23. The van der Waals surface area contributed by atoms with Crippen molar-refractivity contribution in [2.75, 3.05) is 18.5 Å². The fourth-order valence-corrected chi connectivity index (χ4v) is 1.74. The summed E-state index contributed by atoms with van der Waals surface area (Å²) in [6.07, 6.45) is 2.30. The summed E-state index contributed by atoms with van der Waals surface area (Å²) in [5.74, 6) is 0.470. The third-order valence-electron chi connectivity index (χ3n) is 3.07. The number of nitrogens with zero attached hydrogens (tertiary/aromatic N) is 1. The molecule has 3 N–H and O–H groups in total. The molecular formula is C16H27N3O. The lowest BCUT2D eigenvalue weighted by molar-refractivity contribution is 0.0764. The first kappa shape index (κ1) is 16.5. The molecule has 0 radical (unpaired) electrons. The SMILES string of the molecule is Cc1ccc(NC(N)=NCCCCOC(C)C)cc1C. The zero-order chi connectivity index (χ0) is 15.0. The van der Waals surface area contributed by atoms with Gasteiger partial charge in [0.2, 0.25) is 0 Å². The van der Waals surface area contributed by atoms with Gasteiger partial charge in [-0.2, -0.15) is 0 Å². The molecule has 0 amide bonds. The third-order valence-corrected chi connectivity index (χ3v) is 3.07. The summed E-state index contributed by atoms with van der Waals surface area (Å²) in [5.41, 5.74) is 9.37. The zero-order valence-electron chi connectivity index (χ0n) is 13.1. The summed E-state index contributed by atoms with van der Waals surface area (Å²) >= 11 is 0. The number of hydrogen-bond donors (Lipinski definition) is 2. The number of anilines is 1. The molecular weight excluding hydrogens is 250 g/mol. The van der Waals surface area contributed by atoms with E-state index in [1.165, 1.54) is 11.1 Å². The molecule has 0 aliphatic carbocycles. The quantitative estimate of drug-likeness (QED) is 0.457. The van der Waals surface area contributed by atoms with Crippen LogP contribution in [-0.2, 0) is 4.74 Å². The summed E-state index contributed by atoms with van der Waals surface area (Å²) in [4.78, 5) is 4.32. The van der Waals surface area contributed by atoms with Crippen LogP contribution in [0.5, 0.6) is 0 Å². The van der Waals surface area contributed by atoms with Crippen molar-refractivity contribution in [2.45, 2.75) is 46.6 Å². The number of rotatable bonds is 7. The van der Waals surface area contributed by atoms with Crippen LogP contribution in [0.4, 0.5) is 5.69 Å². The van der Waals surface area contributed by atoms with Crippen molar-refractivity contribution in [3.05, 3.63) is 29.3 Å². The molecule has 0 fully saturated rings. The molecule has 20 heavy (non-hydrogen) atoms. The molecule has 4 heteroatoms. The predicted molar refractivity (Wildman–Crippen MR) is 86.4 cm³/mol. The smallest absolute Gasteiger partial charge is 0.193 e. The highest BCUT2D eigenvalue weighted by atomic mass is 16.5. The maximum Gasteiger partial charge on any atom is 0.193 e. The second-order valence-corrected chi connectivity index (χ2v) is 5.32. The first-order chi connectivity index (χ1) is 9.49. The van der Waals surface area contributed by atoms with E-state index in [4.69, 9.17) is 10.5 Å². The van der Waals surface area contributed by atoms with Gasteiger partial charge in [-0.05, 0) is 63.8 Å². The Morgan fingerprint density at radius 2 is 2.00 bits per heavy atom. The monoisotopic (exact) mass is 277 g/mol. The minimum atomic E-state index is 0.301. The van der Waals surface area contributed by atoms with Gasteiger partial charge in [0.15, 0.2) is 5.96 Å². The minimum Gasteiger partial charge on any atom is -0.379 e. The molecule has 1 rings (SSSR count). The highest BCUT2D eigenvalue weighted by Gasteiger charge is 1.98. The van der Waals surface area contributed by atoms with Crippen LogP contribution in [0.25, 0.3) is 0 Å². The Kier molecular flexibility index (Phi) is 7.09. The molecule has 0 atom stereocenters. The standard InChI is InChI=1S/C16H27N3O/c1-12(2)20-10-6-5-9-18-16(17)19-15-8-7-13(3)14(4)11-15/h7-8,11-12H,5-6,9-10H2,1-4H3,(H3,17,18,19). The van der Waals surface area contributed by atoms with Crippen LogP contribution in [0.15, 0.2) is 23.2 Å². The lowest BCUT2D eigenvalue weighted by Gasteiger charge is -2.08. The summed E-state index contributed by atoms with van der Waals surface area (Å²) in [5, 5.41) is 3.12. The average molecular weight is 277 g/mol. The number of nitrogens with two attached hydrogens (primary N) is 1. The highest BCUT2D eigenvalue weighted by Crippen LogP contribution is 2.13. The van der Waals surface area contributed by atoms with Gasteiger partial charge in [-0.1, -0.05) is 6.07 Å². The normalized spacial score (nSPS) is 11.9. The highest BCUT2D eigenvalue weighted by molar-refractivity contribution is 5.92. The maximum atomic E-state index is 5.86. The molecule has 0 spiro atoms. The van der Waals surface area contributed by atoms with E-state index < -0.39 is 0 Å². The molecule has 0 unspecified atom stereocenters. The van der Waals surface area contributed by atoms with E-state index in [2.05, 4.69) is 36.3 Å². The van der Waals surface area contributed by atoms with Gasteiger partial charge >= 0.3 is 0 Å². The Morgan fingerprint density at radius 3 is 2.65 bits per heavy atom. The van der Waals surface area contributed by atoms with Gasteiger partial charge in [0.05, 0.1) is 6.10 Å². The Hall–Kier alpha value is -1.55. The molecule has 0 aliphatic rings.